The van der Waals surface area contributed by atoms with Gasteiger partial charge in [-0.05, 0) is 37.3 Å². The summed E-state index contributed by atoms with van der Waals surface area (Å²) in [6, 6.07) is 13.5. The van der Waals surface area contributed by atoms with E-state index in [0.29, 0.717) is 5.76 Å². The minimum Gasteiger partial charge on any atom is -0.458 e. The van der Waals surface area contributed by atoms with Crippen LogP contribution in [0.1, 0.15) is 23.0 Å². The summed E-state index contributed by atoms with van der Waals surface area (Å²) in [4.78, 5) is 0. The number of rotatable bonds is 2. The molecular weight excluding hydrogens is 384 g/mol. The fourth-order valence-electron chi connectivity index (χ4n) is 2.19. The minimum atomic E-state index is -0.787. The van der Waals surface area contributed by atoms with E-state index in [0.717, 1.165) is 25.5 Å². The number of halogens is 2. The number of aliphatic hydroxyl groups is 1. The summed E-state index contributed by atoms with van der Waals surface area (Å²) in [6.45, 7) is 2.04. The fraction of sp³-hybridized carbons (Fsp3) is 0.125. The Balaban J connectivity index is 2.05. The largest absolute Gasteiger partial charge is 0.458 e. The Labute approximate surface area is 133 Å². The molecule has 0 fully saturated rings. The Hall–Kier alpha value is -1.10. The Morgan fingerprint density at radius 3 is 2.60 bits per heavy atom. The first-order valence-electron chi connectivity index (χ1n) is 6.18. The lowest BCUT2D eigenvalue weighted by Crippen LogP contribution is -1.98. The normalized spacial score (nSPS) is 12.8. The molecule has 0 aliphatic heterocycles. The van der Waals surface area contributed by atoms with Gasteiger partial charge in [0.15, 0.2) is 0 Å². The van der Waals surface area contributed by atoms with Crippen LogP contribution < -0.4 is 0 Å². The highest BCUT2D eigenvalue weighted by Gasteiger charge is 2.18. The van der Waals surface area contributed by atoms with Crippen molar-refractivity contribution in [2.75, 3.05) is 0 Å². The first kappa shape index (κ1) is 13.9. The van der Waals surface area contributed by atoms with Crippen LogP contribution in [0.5, 0.6) is 0 Å². The van der Waals surface area contributed by atoms with Gasteiger partial charge in [0.2, 0.25) is 0 Å². The summed E-state index contributed by atoms with van der Waals surface area (Å²) in [6.07, 6.45) is -0.787. The number of fused-ring (bicyclic) bond motifs is 1. The van der Waals surface area contributed by atoms with Gasteiger partial charge in [0.1, 0.15) is 17.4 Å². The van der Waals surface area contributed by atoms with Gasteiger partial charge in [-0.1, -0.05) is 49.6 Å². The zero-order valence-electron chi connectivity index (χ0n) is 10.7. The molecule has 1 atom stereocenters. The maximum Gasteiger partial charge on any atom is 0.138 e. The highest BCUT2D eigenvalue weighted by Crippen LogP contribution is 2.33. The summed E-state index contributed by atoms with van der Waals surface area (Å²) in [7, 11) is 0. The summed E-state index contributed by atoms with van der Waals surface area (Å²) in [5.41, 5.74) is 2.74. The molecule has 0 bridgehead atoms. The van der Waals surface area contributed by atoms with Gasteiger partial charge in [0.25, 0.3) is 0 Å². The quantitative estimate of drug-likeness (QED) is 0.634. The van der Waals surface area contributed by atoms with Gasteiger partial charge in [-0.15, -0.1) is 0 Å². The molecule has 0 amide bonds. The predicted octanol–water partition coefficient (Wildman–Crippen LogP) is 5.35. The van der Waals surface area contributed by atoms with Crippen molar-refractivity contribution in [2.24, 2.45) is 0 Å². The first-order valence-corrected chi connectivity index (χ1v) is 7.76. The Morgan fingerprint density at radius 2 is 1.85 bits per heavy atom. The number of aliphatic hydroxyl groups excluding tert-OH is 1. The van der Waals surface area contributed by atoms with Gasteiger partial charge < -0.3 is 9.52 Å². The van der Waals surface area contributed by atoms with E-state index in [1.54, 1.807) is 0 Å². The zero-order chi connectivity index (χ0) is 14.3. The van der Waals surface area contributed by atoms with Gasteiger partial charge >= 0.3 is 0 Å². The highest BCUT2D eigenvalue weighted by molar-refractivity contribution is 9.11. The summed E-state index contributed by atoms with van der Waals surface area (Å²) in [5.74, 6) is 0.550. The van der Waals surface area contributed by atoms with E-state index in [-0.39, 0.29) is 0 Å². The second-order valence-corrected chi connectivity index (χ2v) is 6.53. The van der Waals surface area contributed by atoms with E-state index in [1.807, 2.05) is 49.4 Å². The van der Waals surface area contributed by atoms with Crippen molar-refractivity contribution in [3.63, 3.8) is 0 Å². The third-order valence-corrected chi connectivity index (χ3v) is 4.40. The molecule has 3 aromatic rings. The number of hydrogen-bond acceptors (Lipinski definition) is 2. The van der Waals surface area contributed by atoms with Crippen molar-refractivity contribution >= 4 is 42.8 Å². The molecular formula is C16H12Br2O2. The number of hydrogen-bond donors (Lipinski definition) is 1. The second kappa shape index (κ2) is 5.35. The molecule has 1 aromatic heterocycles. The fourth-order valence-corrected chi connectivity index (χ4v) is 3.46. The average Bonchev–Trinajstić information content (AvgIpc) is 2.81. The van der Waals surface area contributed by atoms with Crippen LogP contribution in [0.25, 0.3) is 11.0 Å². The molecule has 3 rings (SSSR count). The molecule has 4 heteroatoms. The lowest BCUT2D eigenvalue weighted by atomic mass is 10.1. The summed E-state index contributed by atoms with van der Waals surface area (Å²) >= 11 is 6.87. The zero-order valence-corrected chi connectivity index (χ0v) is 13.9. The summed E-state index contributed by atoms with van der Waals surface area (Å²) in [5, 5.41) is 11.5. The van der Waals surface area contributed by atoms with Gasteiger partial charge in [-0.25, -0.2) is 0 Å². The Morgan fingerprint density at radius 1 is 1.05 bits per heavy atom. The Kier molecular flexibility index (Phi) is 3.71. The molecule has 20 heavy (non-hydrogen) atoms. The molecule has 0 saturated carbocycles. The molecule has 0 aliphatic carbocycles. The smallest absolute Gasteiger partial charge is 0.138 e. The predicted molar refractivity (Wildman–Crippen MR) is 86.9 cm³/mol. The lowest BCUT2D eigenvalue weighted by molar-refractivity contribution is 0.191. The van der Waals surface area contributed by atoms with Crippen molar-refractivity contribution in [3.05, 3.63) is 68.3 Å². The van der Waals surface area contributed by atoms with Crippen molar-refractivity contribution in [1.29, 1.82) is 0 Å². The molecule has 0 saturated heterocycles. The topological polar surface area (TPSA) is 33.4 Å². The van der Waals surface area contributed by atoms with Crippen LogP contribution in [-0.2, 0) is 0 Å². The molecule has 1 unspecified atom stereocenters. The van der Waals surface area contributed by atoms with E-state index in [1.165, 1.54) is 5.56 Å². The van der Waals surface area contributed by atoms with E-state index in [2.05, 4.69) is 31.9 Å². The van der Waals surface area contributed by atoms with Crippen molar-refractivity contribution in [1.82, 2.24) is 0 Å². The van der Waals surface area contributed by atoms with Crippen LogP contribution in [0.4, 0.5) is 0 Å². The van der Waals surface area contributed by atoms with Crippen LogP contribution in [0.2, 0.25) is 0 Å². The monoisotopic (exact) mass is 394 g/mol. The minimum absolute atomic E-state index is 0.550. The molecule has 2 aromatic carbocycles. The van der Waals surface area contributed by atoms with Crippen molar-refractivity contribution in [3.8, 4) is 0 Å². The molecule has 2 nitrogen and oxygen atoms in total. The van der Waals surface area contributed by atoms with Crippen LogP contribution in [0.3, 0.4) is 0 Å². The van der Waals surface area contributed by atoms with E-state index < -0.39 is 6.10 Å². The lowest BCUT2D eigenvalue weighted by Gasteiger charge is -2.10. The maximum atomic E-state index is 10.5. The molecule has 1 heterocycles. The standard InChI is InChI=1S/C16H12Br2O2/c1-9-2-5-14-10(6-9)7-15(20-14)16(19)12-4-3-11(17)8-13(12)18/h2-8,16,19H,1H3. The number of aryl methyl sites for hydroxylation is 1. The van der Waals surface area contributed by atoms with Crippen LogP contribution in [0, 0.1) is 6.92 Å². The SMILES string of the molecule is Cc1ccc2oc(C(O)c3ccc(Br)cc3Br)cc2c1. The molecule has 102 valence electrons. The first-order chi connectivity index (χ1) is 9.54. The van der Waals surface area contributed by atoms with Gasteiger partial charge in [0, 0.05) is 19.9 Å². The van der Waals surface area contributed by atoms with Crippen LogP contribution >= 0.6 is 31.9 Å². The Bertz CT molecular complexity index is 777. The van der Waals surface area contributed by atoms with Gasteiger partial charge in [0.05, 0.1) is 0 Å². The average molecular weight is 396 g/mol. The van der Waals surface area contributed by atoms with E-state index in [9.17, 15) is 5.11 Å². The third kappa shape index (κ3) is 2.55. The third-order valence-electron chi connectivity index (χ3n) is 3.22. The van der Waals surface area contributed by atoms with Crippen molar-refractivity contribution in [2.45, 2.75) is 13.0 Å². The van der Waals surface area contributed by atoms with Crippen LogP contribution in [-0.4, -0.2) is 5.11 Å². The van der Waals surface area contributed by atoms with Gasteiger partial charge in [-0.3, -0.25) is 0 Å². The number of furan rings is 1. The highest BCUT2D eigenvalue weighted by atomic mass is 79.9. The maximum absolute atomic E-state index is 10.5. The van der Waals surface area contributed by atoms with E-state index >= 15 is 0 Å². The second-order valence-electron chi connectivity index (χ2n) is 4.76. The van der Waals surface area contributed by atoms with Gasteiger partial charge in [-0.2, -0.15) is 0 Å². The molecule has 0 spiro atoms. The molecule has 0 radical (unpaired) electrons. The van der Waals surface area contributed by atoms with Crippen LogP contribution in [0.15, 0.2) is 55.8 Å². The molecule has 1 N–H and O–H groups in total. The summed E-state index contributed by atoms with van der Waals surface area (Å²) < 4.78 is 7.54. The van der Waals surface area contributed by atoms with Crippen molar-refractivity contribution < 1.29 is 9.52 Å². The van der Waals surface area contributed by atoms with E-state index in [4.69, 9.17) is 4.42 Å². The molecule has 0 aliphatic rings. The number of benzene rings is 2.